The highest BCUT2D eigenvalue weighted by Crippen LogP contribution is 2.12. The van der Waals surface area contributed by atoms with Crippen molar-refractivity contribution in [2.75, 3.05) is 6.26 Å². The summed E-state index contributed by atoms with van der Waals surface area (Å²) in [6.45, 7) is 0.244. The molecule has 2 aromatic rings. The molecule has 0 aliphatic rings. The second kappa shape index (κ2) is 6.85. The Bertz CT molecular complexity index is 842. The van der Waals surface area contributed by atoms with Crippen molar-refractivity contribution >= 4 is 28.0 Å². The van der Waals surface area contributed by atoms with E-state index in [0.717, 1.165) is 5.56 Å². The number of rotatable bonds is 5. The fourth-order valence-corrected chi connectivity index (χ4v) is 3.10. The zero-order valence-electron chi connectivity index (χ0n) is 12.0. The van der Waals surface area contributed by atoms with Crippen LogP contribution in [-0.4, -0.2) is 25.6 Å². The van der Waals surface area contributed by atoms with Crippen molar-refractivity contribution in [3.63, 3.8) is 0 Å². The number of benzene rings is 1. The first-order valence-electron chi connectivity index (χ1n) is 6.57. The second-order valence-electron chi connectivity index (χ2n) is 4.93. The molecule has 0 atom stereocenters. The lowest BCUT2D eigenvalue weighted by Crippen LogP contribution is -2.24. The van der Waals surface area contributed by atoms with Gasteiger partial charge in [0, 0.05) is 19.0 Å². The molecule has 1 amide bonds. The Morgan fingerprint density at radius 1 is 1.18 bits per heavy atom. The van der Waals surface area contributed by atoms with Crippen molar-refractivity contribution in [3.8, 4) is 0 Å². The molecular formula is C15H16N2O3S2. The first-order valence-corrected chi connectivity index (χ1v) is 9.04. The molecule has 7 heteroatoms. The van der Waals surface area contributed by atoms with E-state index < -0.39 is 9.84 Å². The summed E-state index contributed by atoms with van der Waals surface area (Å²) < 4.78 is 23.3. The summed E-state index contributed by atoms with van der Waals surface area (Å²) >= 11 is 5.06. The summed E-state index contributed by atoms with van der Waals surface area (Å²) in [5.41, 5.74) is 1.84. The molecule has 0 bridgehead atoms. The molecule has 1 aromatic heterocycles. The van der Waals surface area contributed by atoms with Crippen molar-refractivity contribution < 1.29 is 13.2 Å². The summed E-state index contributed by atoms with van der Waals surface area (Å²) in [5, 5.41) is 2.76. The van der Waals surface area contributed by atoms with Crippen LogP contribution in [0.5, 0.6) is 0 Å². The van der Waals surface area contributed by atoms with E-state index in [2.05, 4.69) is 10.3 Å². The van der Waals surface area contributed by atoms with Crippen molar-refractivity contribution in [1.29, 1.82) is 0 Å². The van der Waals surface area contributed by atoms with Gasteiger partial charge in [-0.2, -0.15) is 0 Å². The van der Waals surface area contributed by atoms with E-state index in [4.69, 9.17) is 12.2 Å². The second-order valence-corrected chi connectivity index (χ2v) is 7.48. The third-order valence-electron chi connectivity index (χ3n) is 3.04. The van der Waals surface area contributed by atoms with E-state index in [1.807, 2.05) is 6.07 Å². The number of aromatic amines is 1. The third-order valence-corrected chi connectivity index (χ3v) is 4.21. The van der Waals surface area contributed by atoms with Crippen LogP contribution in [0, 0.1) is 4.64 Å². The van der Waals surface area contributed by atoms with Crippen molar-refractivity contribution in [1.82, 2.24) is 10.3 Å². The number of nitrogens with one attached hydrogen (secondary N) is 2. The molecule has 0 aliphatic carbocycles. The zero-order chi connectivity index (χ0) is 16.2. The number of pyridine rings is 1. The van der Waals surface area contributed by atoms with E-state index in [1.54, 1.807) is 36.5 Å². The average Bonchev–Trinajstić information content (AvgIpc) is 2.45. The minimum Gasteiger partial charge on any atom is -0.352 e. The minimum absolute atomic E-state index is 0.0511. The number of H-pyrrole nitrogens is 1. The predicted octanol–water partition coefficient (Wildman–Crippen LogP) is 2.22. The maximum atomic E-state index is 12.1. The predicted molar refractivity (Wildman–Crippen MR) is 87.8 cm³/mol. The number of sulfone groups is 1. The molecule has 2 N–H and O–H groups in total. The van der Waals surface area contributed by atoms with Crippen LogP contribution in [0.25, 0.3) is 0 Å². The summed E-state index contributed by atoms with van der Waals surface area (Å²) in [6, 6.07) is 10.5. The topological polar surface area (TPSA) is 79.0 Å². The fraction of sp³-hybridized carbons (Fsp3) is 0.200. The minimum atomic E-state index is -3.13. The maximum absolute atomic E-state index is 12.1. The van der Waals surface area contributed by atoms with Gasteiger partial charge in [-0.25, -0.2) is 8.42 Å². The molecule has 0 spiro atoms. The average molecular weight is 336 g/mol. The standard InChI is InChI=1S/C15H16N2O3S2/c1-22(19,20)10-12-6-3-2-5-11(12)9-17-14(18)13-7-4-8-16-15(13)21/h2-8H,9-10H2,1H3,(H,16,21)(H,17,18). The first-order chi connectivity index (χ1) is 10.4. The van der Waals surface area contributed by atoms with Gasteiger partial charge in [0.15, 0.2) is 9.84 Å². The lowest BCUT2D eigenvalue weighted by molar-refractivity contribution is 0.0950. The van der Waals surface area contributed by atoms with Crippen molar-refractivity contribution in [3.05, 3.63) is 63.9 Å². The van der Waals surface area contributed by atoms with Gasteiger partial charge in [-0.15, -0.1) is 0 Å². The van der Waals surface area contributed by atoms with Gasteiger partial charge >= 0.3 is 0 Å². The van der Waals surface area contributed by atoms with Crippen LogP contribution in [0.2, 0.25) is 0 Å². The van der Waals surface area contributed by atoms with Gasteiger partial charge in [0.05, 0.1) is 11.3 Å². The van der Waals surface area contributed by atoms with Crippen LogP contribution in [0.15, 0.2) is 42.6 Å². The SMILES string of the molecule is CS(=O)(=O)Cc1ccccc1CNC(=O)c1ccc[nH]c1=S. The monoisotopic (exact) mass is 336 g/mol. The van der Waals surface area contributed by atoms with Crippen LogP contribution in [0.3, 0.4) is 0 Å². The number of hydrogen-bond acceptors (Lipinski definition) is 4. The van der Waals surface area contributed by atoms with E-state index in [9.17, 15) is 13.2 Å². The summed E-state index contributed by atoms with van der Waals surface area (Å²) in [7, 11) is -3.13. The molecule has 22 heavy (non-hydrogen) atoms. The molecule has 116 valence electrons. The smallest absolute Gasteiger partial charge is 0.254 e. The normalized spacial score (nSPS) is 11.1. The molecule has 0 saturated carbocycles. The molecule has 0 aliphatic heterocycles. The molecule has 1 aromatic carbocycles. The Morgan fingerprint density at radius 2 is 1.86 bits per heavy atom. The van der Waals surface area contributed by atoms with Crippen LogP contribution >= 0.6 is 12.2 Å². The Labute approximate surface area is 134 Å². The first kappa shape index (κ1) is 16.4. The summed E-state index contributed by atoms with van der Waals surface area (Å²) in [5.74, 6) is -0.347. The number of carbonyl (C=O) groups excluding carboxylic acids is 1. The lowest BCUT2D eigenvalue weighted by atomic mass is 10.1. The Kier molecular flexibility index (Phi) is 5.10. The highest BCUT2D eigenvalue weighted by Gasteiger charge is 2.11. The third kappa shape index (κ3) is 4.51. The van der Waals surface area contributed by atoms with Gasteiger partial charge in [-0.05, 0) is 23.3 Å². The number of hydrogen-bond donors (Lipinski definition) is 2. The Hall–Kier alpha value is -1.99. The van der Waals surface area contributed by atoms with Crippen LogP contribution in [0.1, 0.15) is 21.5 Å². The lowest BCUT2D eigenvalue weighted by Gasteiger charge is -2.10. The van der Waals surface area contributed by atoms with Crippen LogP contribution in [-0.2, 0) is 22.1 Å². The van der Waals surface area contributed by atoms with Crippen molar-refractivity contribution in [2.24, 2.45) is 0 Å². The maximum Gasteiger partial charge on any atom is 0.254 e. The van der Waals surface area contributed by atoms with E-state index >= 15 is 0 Å². The van der Waals surface area contributed by atoms with E-state index in [1.165, 1.54) is 6.26 Å². The number of carbonyl (C=O) groups is 1. The van der Waals surface area contributed by atoms with Gasteiger partial charge in [-0.3, -0.25) is 4.79 Å². The van der Waals surface area contributed by atoms with Gasteiger partial charge in [0.1, 0.15) is 4.64 Å². The zero-order valence-corrected chi connectivity index (χ0v) is 13.6. The highest BCUT2D eigenvalue weighted by molar-refractivity contribution is 7.89. The van der Waals surface area contributed by atoms with Gasteiger partial charge in [0.25, 0.3) is 5.91 Å². The summed E-state index contributed by atoms with van der Waals surface area (Å²) in [4.78, 5) is 14.9. The molecule has 0 saturated heterocycles. The quantitative estimate of drug-likeness (QED) is 0.821. The molecular weight excluding hydrogens is 320 g/mol. The molecule has 2 rings (SSSR count). The van der Waals surface area contributed by atoms with E-state index in [0.29, 0.717) is 15.8 Å². The molecule has 5 nitrogen and oxygen atoms in total. The van der Waals surface area contributed by atoms with Crippen molar-refractivity contribution in [2.45, 2.75) is 12.3 Å². The van der Waals surface area contributed by atoms with Crippen LogP contribution in [0.4, 0.5) is 0 Å². The van der Waals surface area contributed by atoms with Gasteiger partial charge < -0.3 is 10.3 Å². The molecule has 0 radical (unpaired) electrons. The highest BCUT2D eigenvalue weighted by atomic mass is 32.2. The number of amides is 1. The molecule has 1 heterocycles. The fourth-order valence-electron chi connectivity index (χ4n) is 2.02. The number of aromatic nitrogens is 1. The largest absolute Gasteiger partial charge is 0.352 e. The van der Waals surface area contributed by atoms with E-state index in [-0.39, 0.29) is 18.2 Å². The summed E-state index contributed by atoms with van der Waals surface area (Å²) in [6.07, 6.45) is 2.84. The Balaban J connectivity index is 2.14. The molecule has 0 unspecified atom stereocenters. The Morgan fingerprint density at radius 3 is 2.50 bits per heavy atom. The van der Waals surface area contributed by atoms with Crippen LogP contribution < -0.4 is 5.32 Å². The molecule has 0 fully saturated rings. The van der Waals surface area contributed by atoms with Gasteiger partial charge in [-0.1, -0.05) is 36.5 Å². The van der Waals surface area contributed by atoms with Gasteiger partial charge in [0.2, 0.25) is 0 Å².